The van der Waals surface area contributed by atoms with Crippen molar-refractivity contribution in [3.05, 3.63) is 11.8 Å². The third-order valence-electron chi connectivity index (χ3n) is 1.76. The minimum Gasteiger partial charge on any atom is -0.480 e. The van der Waals surface area contributed by atoms with Gasteiger partial charge in [0.2, 0.25) is 0 Å². The molecule has 102 valence electrons. The van der Waals surface area contributed by atoms with Gasteiger partial charge in [-0.05, 0) is 20.8 Å². The Morgan fingerprint density at radius 1 is 1.39 bits per heavy atom. The van der Waals surface area contributed by atoms with E-state index in [1.54, 1.807) is 6.92 Å². The zero-order chi connectivity index (χ0) is 14.1. The first kappa shape index (κ1) is 16.0. The normalized spacial score (nSPS) is 12.5. The number of nitrogens with one attached hydrogen (secondary N) is 1. The second-order valence-corrected chi connectivity index (χ2v) is 3.41. The largest absolute Gasteiger partial charge is 0.480 e. The third kappa shape index (κ3) is 7.26. The van der Waals surface area contributed by atoms with Crippen LogP contribution < -0.4 is 5.32 Å². The third-order valence-corrected chi connectivity index (χ3v) is 1.76. The van der Waals surface area contributed by atoms with Crippen LogP contribution in [0, 0.1) is 0 Å². The number of hydrogen-bond donors (Lipinski definition) is 2. The lowest BCUT2D eigenvalue weighted by atomic mass is 10.4. The Bertz CT molecular complexity index is 349. The minimum atomic E-state index is -1.05. The predicted octanol–water partition coefficient (Wildman–Crippen LogP) is 0.0592. The van der Waals surface area contributed by atoms with E-state index in [4.69, 9.17) is 9.84 Å². The SMILES string of the molecule is CCOC(=O)C(C)OC(=O)C=C(C)NCC(=O)O. The molecule has 0 aliphatic carbocycles. The van der Waals surface area contributed by atoms with Crippen LogP contribution in [0.4, 0.5) is 0 Å². The van der Waals surface area contributed by atoms with Crippen molar-refractivity contribution in [2.45, 2.75) is 26.9 Å². The van der Waals surface area contributed by atoms with Crippen LogP contribution in [0.5, 0.6) is 0 Å². The van der Waals surface area contributed by atoms with Crippen LogP contribution in [0.2, 0.25) is 0 Å². The molecule has 0 aromatic carbocycles. The molecule has 2 N–H and O–H groups in total. The summed E-state index contributed by atoms with van der Waals surface area (Å²) in [5, 5.41) is 10.9. The fourth-order valence-electron chi connectivity index (χ4n) is 0.959. The first-order valence-electron chi connectivity index (χ1n) is 5.38. The first-order valence-corrected chi connectivity index (χ1v) is 5.38. The number of ether oxygens (including phenoxy) is 2. The van der Waals surface area contributed by atoms with Gasteiger partial charge in [-0.25, -0.2) is 9.59 Å². The van der Waals surface area contributed by atoms with Crippen molar-refractivity contribution < 1.29 is 29.0 Å². The molecule has 18 heavy (non-hydrogen) atoms. The quantitative estimate of drug-likeness (QED) is 0.492. The predicted molar refractivity (Wildman–Crippen MR) is 61.6 cm³/mol. The lowest BCUT2D eigenvalue weighted by Crippen LogP contribution is -2.26. The van der Waals surface area contributed by atoms with Gasteiger partial charge in [0.05, 0.1) is 6.61 Å². The summed E-state index contributed by atoms with van der Waals surface area (Å²) in [6.07, 6.45) is 0.0690. The number of carboxylic acids is 1. The van der Waals surface area contributed by atoms with Crippen LogP contribution in [-0.2, 0) is 23.9 Å². The average Bonchev–Trinajstić information content (AvgIpc) is 2.26. The maximum absolute atomic E-state index is 11.3. The van der Waals surface area contributed by atoms with E-state index in [0.717, 1.165) is 6.08 Å². The zero-order valence-corrected chi connectivity index (χ0v) is 10.6. The summed E-state index contributed by atoms with van der Waals surface area (Å²) in [4.78, 5) is 32.8. The molecule has 0 fully saturated rings. The van der Waals surface area contributed by atoms with Crippen LogP contribution in [0.15, 0.2) is 11.8 Å². The molecule has 0 saturated heterocycles. The number of rotatable bonds is 7. The van der Waals surface area contributed by atoms with Gasteiger partial charge in [-0.3, -0.25) is 4.79 Å². The molecule has 1 unspecified atom stereocenters. The molecule has 0 rings (SSSR count). The highest BCUT2D eigenvalue weighted by molar-refractivity contribution is 5.86. The molecule has 7 nitrogen and oxygen atoms in total. The summed E-state index contributed by atoms with van der Waals surface area (Å²) < 4.78 is 9.42. The number of carbonyl (C=O) groups excluding carboxylic acids is 2. The number of allylic oxidation sites excluding steroid dienone is 1. The number of esters is 2. The van der Waals surface area contributed by atoms with E-state index >= 15 is 0 Å². The van der Waals surface area contributed by atoms with Gasteiger partial charge in [-0.1, -0.05) is 0 Å². The van der Waals surface area contributed by atoms with E-state index in [2.05, 4.69) is 10.1 Å². The number of aliphatic carboxylic acids is 1. The van der Waals surface area contributed by atoms with E-state index in [1.165, 1.54) is 13.8 Å². The fraction of sp³-hybridized carbons (Fsp3) is 0.545. The minimum absolute atomic E-state index is 0.204. The second kappa shape index (κ2) is 8.10. The molecule has 7 heteroatoms. The Labute approximate surface area is 105 Å². The van der Waals surface area contributed by atoms with Gasteiger partial charge in [0, 0.05) is 11.8 Å². The summed E-state index contributed by atoms with van der Waals surface area (Å²) in [6.45, 7) is 4.45. The zero-order valence-electron chi connectivity index (χ0n) is 10.6. The average molecular weight is 259 g/mol. The highest BCUT2D eigenvalue weighted by Crippen LogP contribution is 1.98. The maximum atomic E-state index is 11.3. The van der Waals surface area contributed by atoms with Crippen LogP contribution >= 0.6 is 0 Å². The van der Waals surface area contributed by atoms with E-state index in [1.807, 2.05) is 0 Å². The smallest absolute Gasteiger partial charge is 0.347 e. The molecule has 0 aliphatic rings. The summed E-state index contributed by atoms with van der Waals surface area (Å²) in [5.74, 6) is -2.42. The molecule has 0 radical (unpaired) electrons. The van der Waals surface area contributed by atoms with Crippen LogP contribution in [0.25, 0.3) is 0 Å². The molecule has 0 saturated carbocycles. The standard InChI is InChI=1S/C11H17NO6/c1-4-17-11(16)8(3)18-10(15)5-7(2)12-6-9(13)14/h5,8,12H,4,6H2,1-3H3,(H,13,14). The van der Waals surface area contributed by atoms with E-state index in [9.17, 15) is 14.4 Å². The molecule has 0 spiro atoms. The van der Waals surface area contributed by atoms with Crippen LogP contribution in [0.1, 0.15) is 20.8 Å². The van der Waals surface area contributed by atoms with Crippen molar-refractivity contribution in [2.75, 3.05) is 13.2 Å². The molecular weight excluding hydrogens is 242 g/mol. The lowest BCUT2D eigenvalue weighted by Gasteiger charge is -2.10. The van der Waals surface area contributed by atoms with Crippen molar-refractivity contribution in [2.24, 2.45) is 0 Å². The second-order valence-electron chi connectivity index (χ2n) is 3.41. The van der Waals surface area contributed by atoms with Crippen LogP contribution in [-0.4, -0.2) is 42.3 Å². The molecular formula is C11H17NO6. The summed E-state index contributed by atoms with van der Waals surface area (Å²) in [7, 11) is 0. The van der Waals surface area contributed by atoms with E-state index < -0.39 is 24.0 Å². The van der Waals surface area contributed by atoms with Gasteiger partial charge in [-0.15, -0.1) is 0 Å². The topological polar surface area (TPSA) is 102 Å². The van der Waals surface area contributed by atoms with Crippen molar-refractivity contribution >= 4 is 17.9 Å². The summed E-state index contributed by atoms with van der Waals surface area (Å²) in [5.41, 5.74) is 0.332. The Hall–Kier alpha value is -2.05. The van der Waals surface area contributed by atoms with Gasteiger partial charge in [0.1, 0.15) is 6.54 Å². The van der Waals surface area contributed by atoms with Gasteiger partial charge in [-0.2, -0.15) is 0 Å². The highest BCUT2D eigenvalue weighted by atomic mass is 16.6. The molecule has 0 heterocycles. The Balaban J connectivity index is 4.20. The van der Waals surface area contributed by atoms with Gasteiger partial charge >= 0.3 is 17.9 Å². The van der Waals surface area contributed by atoms with Crippen molar-refractivity contribution in [1.29, 1.82) is 0 Å². The van der Waals surface area contributed by atoms with Gasteiger partial charge < -0.3 is 19.9 Å². The van der Waals surface area contributed by atoms with Crippen molar-refractivity contribution in [1.82, 2.24) is 5.32 Å². The van der Waals surface area contributed by atoms with Gasteiger partial charge in [0.25, 0.3) is 0 Å². The maximum Gasteiger partial charge on any atom is 0.347 e. The van der Waals surface area contributed by atoms with E-state index in [-0.39, 0.29) is 13.2 Å². The molecule has 0 aromatic rings. The van der Waals surface area contributed by atoms with Crippen molar-refractivity contribution in [3.63, 3.8) is 0 Å². The van der Waals surface area contributed by atoms with Gasteiger partial charge in [0.15, 0.2) is 6.10 Å². The Morgan fingerprint density at radius 3 is 2.50 bits per heavy atom. The summed E-state index contributed by atoms with van der Waals surface area (Å²) >= 11 is 0. The molecule has 0 amide bonds. The van der Waals surface area contributed by atoms with Crippen molar-refractivity contribution in [3.8, 4) is 0 Å². The monoisotopic (exact) mass is 259 g/mol. The van der Waals surface area contributed by atoms with E-state index in [0.29, 0.717) is 5.70 Å². The number of hydrogen-bond acceptors (Lipinski definition) is 6. The first-order chi connectivity index (χ1) is 8.36. The Kier molecular flexibility index (Phi) is 7.18. The Morgan fingerprint density at radius 2 is 2.00 bits per heavy atom. The van der Waals surface area contributed by atoms with Crippen LogP contribution in [0.3, 0.4) is 0 Å². The molecule has 0 aromatic heterocycles. The number of carbonyl (C=O) groups is 3. The molecule has 0 bridgehead atoms. The fourth-order valence-corrected chi connectivity index (χ4v) is 0.959. The lowest BCUT2D eigenvalue weighted by molar-refractivity contribution is -0.163. The summed E-state index contributed by atoms with van der Waals surface area (Å²) in [6, 6.07) is 0. The molecule has 1 atom stereocenters. The number of carboxylic acid groups (broad SMARTS) is 1. The molecule has 0 aliphatic heterocycles. The highest BCUT2D eigenvalue weighted by Gasteiger charge is 2.17.